The molecule has 4 aromatic heterocycles. The average Bonchev–Trinajstić information content (AvgIpc) is 3.61. The maximum absolute atomic E-state index is 6.11. The number of hydrogen-bond acceptors (Lipinski definition) is 8. The lowest BCUT2D eigenvalue weighted by Gasteiger charge is -2.16. The van der Waals surface area contributed by atoms with E-state index in [0.29, 0.717) is 18.3 Å². The van der Waals surface area contributed by atoms with Crippen molar-refractivity contribution in [3.8, 4) is 11.3 Å². The highest BCUT2D eigenvalue weighted by Crippen LogP contribution is 2.26. The molecule has 0 radical (unpaired) electrons. The van der Waals surface area contributed by atoms with E-state index < -0.39 is 8.07 Å². The first-order valence-electron chi connectivity index (χ1n) is 14.3. The number of ether oxygens (including phenoxy) is 1. The van der Waals surface area contributed by atoms with E-state index in [0.717, 1.165) is 64.3 Å². The number of nitrogens with one attached hydrogen (secondary N) is 1. The average molecular weight is 583 g/mol. The summed E-state index contributed by atoms with van der Waals surface area (Å²) < 4.78 is 12.0. The smallest absolute Gasteiger partial charge is 0.247 e. The van der Waals surface area contributed by atoms with Gasteiger partial charge in [-0.3, -0.25) is 9.67 Å². The molecule has 6 rings (SSSR count). The second kappa shape index (κ2) is 11.3. The number of aromatic nitrogens is 8. The van der Waals surface area contributed by atoms with Crippen LogP contribution >= 0.6 is 0 Å². The van der Waals surface area contributed by atoms with Gasteiger partial charge in [0, 0.05) is 38.4 Å². The summed E-state index contributed by atoms with van der Waals surface area (Å²) in [5.74, 6) is 1.47. The maximum atomic E-state index is 6.11. The van der Waals surface area contributed by atoms with E-state index in [1.54, 1.807) is 12.4 Å². The fourth-order valence-corrected chi connectivity index (χ4v) is 6.39. The Bertz CT molecular complexity index is 1860. The summed E-state index contributed by atoms with van der Waals surface area (Å²) in [6.07, 6.45) is 6.48. The SMILES string of the molecule is CN(C)Cc1nc2cc(Nc3nc4cncc(-c5ccc6c(cnn6C)c5)n4n3)ccc2n1COCCC[Si](C)(C)C. The lowest BCUT2D eigenvalue weighted by atomic mass is 10.1. The summed E-state index contributed by atoms with van der Waals surface area (Å²) in [6.45, 7) is 9.18. The van der Waals surface area contributed by atoms with Crippen LogP contribution in [0.15, 0.2) is 55.0 Å². The zero-order valence-corrected chi connectivity index (χ0v) is 26.2. The van der Waals surface area contributed by atoms with E-state index in [2.05, 4.69) is 82.9 Å². The quantitative estimate of drug-likeness (QED) is 0.157. The van der Waals surface area contributed by atoms with E-state index in [9.17, 15) is 0 Å². The van der Waals surface area contributed by atoms with Gasteiger partial charge in [-0.2, -0.15) is 10.1 Å². The molecule has 0 unspecified atom stereocenters. The van der Waals surface area contributed by atoms with Crippen LogP contribution in [0.2, 0.25) is 25.7 Å². The van der Waals surface area contributed by atoms with Gasteiger partial charge in [-0.05, 0) is 50.8 Å². The topological polar surface area (TPSA) is 103 Å². The maximum Gasteiger partial charge on any atom is 0.247 e. The van der Waals surface area contributed by atoms with Crippen molar-refractivity contribution in [2.75, 3.05) is 26.0 Å². The van der Waals surface area contributed by atoms with Crippen LogP contribution < -0.4 is 5.32 Å². The molecule has 0 amide bonds. The summed E-state index contributed by atoms with van der Waals surface area (Å²) >= 11 is 0. The Labute approximate surface area is 246 Å². The van der Waals surface area contributed by atoms with E-state index >= 15 is 0 Å². The number of rotatable bonds is 11. The minimum Gasteiger partial charge on any atom is -0.361 e. The number of anilines is 2. The first-order chi connectivity index (χ1) is 20.1. The number of imidazole rings is 1. The monoisotopic (exact) mass is 582 g/mol. The molecule has 12 heteroatoms. The predicted molar refractivity (Wildman–Crippen MR) is 170 cm³/mol. The number of aryl methyl sites for hydroxylation is 1. The molecule has 0 fully saturated rings. The third-order valence-corrected chi connectivity index (χ3v) is 9.12. The van der Waals surface area contributed by atoms with Crippen molar-refractivity contribution in [1.82, 2.24) is 43.8 Å². The highest BCUT2D eigenvalue weighted by atomic mass is 28.3. The standard InChI is InChI=1S/C30H38N10OSi/c1-37(2)19-29-34-24-15-23(9-11-26(24)39(29)20-41-12-7-13-42(4,5)6)33-30-35-28-18-31-17-27(40(28)36-30)21-8-10-25-22(14-21)16-32-38(25)3/h8-11,14-18H,7,12-13,19-20H2,1-6H3,(H,33,36). The largest absolute Gasteiger partial charge is 0.361 e. The zero-order chi connectivity index (χ0) is 29.4. The van der Waals surface area contributed by atoms with Gasteiger partial charge in [-0.15, -0.1) is 5.10 Å². The fourth-order valence-electron chi connectivity index (χ4n) is 5.18. The molecule has 11 nitrogen and oxygen atoms in total. The van der Waals surface area contributed by atoms with Crippen molar-refractivity contribution >= 4 is 47.3 Å². The minimum absolute atomic E-state index is 0.490. The third-order valence-electron chi connectivity index (χ3n) is 7.27. The number of nitrogens with zero attached hydrogens (tertiary/aromatic N) is 9. The fraction of sp³-hybridized carbons (Fsp3) is 0.367. The Morgan fingerprint density at radius 2 is 1.81 bits per heavy atom. The molecule has 0 saturated carbocycles. The van der Waals surface area contributed by atoms with E-state index in [1.165, 1.54) is 6.04 Å². The molecule has 2 aromatic carbocycles. The van der Waals surface area contributed by atoms with Crippen LogP contribution in [0.3, 0.4) is 0 Å². The van der Waals surface area contributed by atoms with Gasteiger partial charge in [0.2, 0.25) is 5.95 Å². The molecule has 0 atom stereocenters. The second-order valence-electron chi connectivity index (χ2n) is 12.3. The van der Waals surface area contributed by atoms with Gasteiger partial charge in [-0.1, -0.05) is 31.8 Å². The van der Waals surface area contributed by atoms with Crippen molar-refractivity contribution in [2.24, 2.45) is 7.05 Å². The van der Waals surface area contributed by atoms with Gasteiger partial charge in [0.15, 0.2) is 5.65 Å². The summed E-state index contributed by atoms with van der Waals surface area (Å²) in [5.41, 5.74) is 6.38. The third kappa shape index (κ3) is 5.91. The summed E-state index contributed by atoms with van der Waals surface area (Å²) in [6, 6.07) is 13.6. The van der Waals surface area contributed by atoms with Crippen LogP contribution in [0.4, 0.5) is 11.6 Å². The molecule has 0 saturated heterocycles. The van der Waals surface area contributed by atoms with Crippen molar-refractivity contribution in [1.29, 1.82) is 0 Å². The molecular formula is C30H38N10OSi. The molecule has 0 spiro atoms. The van der Waals surface area contributed by atoms with Crippen molar-refractivity contribution in [2.45, 2.75) is 45.4 Å². The lowest BCUT2D eigenvalue weighted by Crippen LogP contribution is -2.20. The van der Waals surface area contributed by atoms with E-state index in [-0.39, 0.29) is 0 Å². The van der Waals surface area contributed by atoms with Gasteiger partial charge in [0.05, 0.1) is 47.4 Å². The van der Waals surface area contributed by atoms with Crippen LogP contribution in [-0.2, 0) is 25.1 Å². The molecule has 0 aliphatic heterocycles. The Morgan fingerprint density at radius 3 is 2.62 bits per heavy atom. The Balaban J connectivity index is 1.24. The molecule has 1 N–H and O–H groups in total. The van der Waals surface area contributed by atoms with Crippen LogP contribution in [0.5, 0.6) is 0 Å². The van der Waals surface area contributed by atoms with Crippen LogP contribution in [-0.4, -0.2) is 72.6 Å². The first kappa shape index (κ1) is 28.0. The highest BCUT2D eigenvalue weighted by Gasteiger charge is 2.16. The van der Waals surface area contributed by atoms with Gasteiger partial charge < -0.3 is 19.5 Å². The highest BCUT2D eigenvalue weighted by molar-refractivity contribution is 6.76. The molecule has 0 aliphatic rings. The summed E-state index contributed by atoms with van der Waals surface area (Å²) in [4.78, 5) is 16.2. The molecular weight excluding hydrogens is 544 g/mol. The first-order valence-corrected chi connectivity index (χ1v) is 18.0. The van der Waals surface area contributed by atoms with Crippen molar-refractivity contribution in [3.63, 3.8) is 0 Å². The number of fused-ring (bicyclic) bond motifs is 3. The molecule has 6 aromatic rings. The molecule has 4 heterocycles. The van der Waals surface area contributed by atoms with E-state index in [4.69, 9.17) is 19.8 Å². The van der Waals surface area contributed by atoms with Crippen LogP contribution in [0, 0.1) is 0 Å². The van der Waals surface area contributed by atoms with Gasteiger partial charge in [0.1, 0.15) is 12.6 Å². The second-order valence-corrected chi connectivity index (χ2v) is 17.9. The van der Waals surface area contributed by atoms with Crippen LogP contribution in [0.25, 0.3) is 38.8 Å². The van der Waals surface area contributed by atoms with Gasteiger partial charge >= 0.3 is 0 Å². The summed E-state index contributed by atoms with van der Waals surface area (Å²) in [5, 5.41) is 13.6. The van der Waals surface area contributed by atoms with Gasteiger partial charge in [-0.25, -0.2) is 9.50 Å². The molecule has 0 aliphatic carbocycles. The molecule has 0 bridgehead atoms. The number of hydrogen-bond donors (Lipinski definition) is 1. The molecule has 218 valence electrons. The summed E-state index contributed by atoms with van der Waals surface area (Å²) in [7, 11) is 4.99. The van der Waals surface area contributed by atoms with E-state index in [1.807, 2.05) is 34.6 Å². The van der Waals surface area contributed by atoms with Crippen LogP contribution in [0.1, 0.15) is 12.2 Å². The lowest BCUT2D eigenvalue weighted by molar-refractivity contribution is 0.0769. The number of benzene rings is 2. The van der Waals surface area contributed by atoms with Crippen molar-refractivity contribution in [3.05, 3.63) is 60.8 Å². The Morgan fingerprint density at radius 1 is 0.976 bits per heavy atom. The van der Waals surface area contributed by atoms with Crippen molar-refractivity contribution < 1.29 is 4.74 Å². The van der Waals surface area contributed by atoms with Gasteiger partial charge in [0.25, 0.3) is 0 Å². The zero-order valence-electron chi connectivity index (χ0n) is 25.2. The Hall–Kier alpha value is -4.13. The Kier molecular flexibility index (Phi) is 7.52. The molecule has 42 heavy (non-hydrogen) atoms. The minimum atomic E-state index is -1.06. The normalized spacial score (nSPS) is 12.4. The predicted octanol–water partition coefficient (Wildman–Crippen LogP) is 5.54.